The Hall–Kier alpha value is -2.49. The van der Waals surface area contributed by atoms with Crippen molar-refractivity contribution in [2.75, 3.05) is 38.2 Å². The van der Waals surface area contributed by atoms with Gasteiger partial charge in [-0.3, -0.25) is 4.31 Å². The maximum Gasteiger partial charge on any atom is 0.337 e. The van der Waals surface area contributed by atoms with E-state index in [1.165, 1.54) is 47.1 Å². The molecule has 0 aliphatic rings. The van der Waals surface area contributed by atoms with Gasteiger partial charge >= 0.3 is 16.2 Å². The summed E-state index contributed by atoms with van der Waals surface area (Å²) in [5.74, 6) is -0.934. The molecule has 0 amide bonds. The summed E-state index contributed by atoms with van der Waals surface area (Å²) < 4.78 is 52.2. The van der Waals surface area contributed by atoms with Crippen molar-refractivity contribution >= 4 is 21.9 Å². The number of nitrogens with zero attached hydrogens (tertiary/aromatic N) is 2. The number of carbonyl (C=O) groups is 1. The molecule has 0 fully saturated rings. The number of hydrogen-bond acceptors (Lipinski definition) is 5. The molecule has 9 heteroatoms. The molecule has 172 valence electrons. The third-order valence-corrected chi connectivity index (χ3v) is 6.31. The minimum atomic E-state index is -3.91. The summed E-state index contributed by atoms with van der Waals surface area (Å²) in [6, 6.07) is 11.7. The third kappa shape index (κ3) is 7.30. The van der Waals surface area contributed by atoms with Gasteiger partial charge in [-0.05, 0) is 42.0 Å². The molecular weight excluding hydrogens is 423 g/mol. The van der Waals surface area contributed by atoms with Crippen molar-refractivity contribution in [3.05, 3.63) is 65.5 Å². The van der Waals surface area contributed by atoms with E-state index in [1.54, 1.807) is 31.2 Å². The highest BCUT2D eigenvalue weighted by Crippen LogP contribution is 2.24. The smallest absolute Gasteiger partial charge is 0.337 e. The Bertz CT molecular complexity index is 903. The van der Waals surface area contributed by atoms with Crippen molar-refractivity contribution in [1.82, 2.24) is 4.31 Å². The molecular formula is C22H31FN2O5S. The van der Waals surface area contributed by atoms with Crippen LogP contribution in [0.15, 0.2) is 48.5 Å². The molecule has 2 rings (SSSR count). The number of carbonyl (C=O) groups excluding carboxylic acids is 1. The fourth-order valence-corrected chi connectivity index (χ4v) is 4.32. The van der Waals surface area contributed by atoms with Gasteiger partial charge in [-0.25, -0.2) is 9.18 Å². The molecule has 2 aromatic rings. The maximum atomic E-state index is 13.4. The summed E-state index contributed by atoms with van der Waals surface area (Å²) in [6.45, 7) is 6.44. The van der Waals surface area contributed by atoms with Crippen molar-refractivity contribution in [2.45, 2.75) is 27.3 Å². The van der Waals surface area contributed by atoms with Crippen LogP contribution in [0.3, 0.4) is 0 Å². The summed E-state index contributed by atoms with van der Waals surface area (Å²) in [6.07, 6.45) is 0. The molecule has 0 aliphatic heterocycles. The zero-order chi connectivity index (χ0) is 23.4. The van der Waals surface area contributed by atoms with Gasteiger partial charge in [0.2, 0.25) is 0 Å². The van der Waals surface area contributed by atoms with E-state index < -0.39 is 22.0 Å². The van der Waals surface area contributed by atoms with E-state index in [0.29, 0.717) is 16.8 Å². The van der Waals surface area contributed by atoms with Crippen LogP contribution < -0.4 is 4.31 Å². The minimum absolute atomic E-state index is 0.0128. The lowest BCUT2D eigenvalue weighted by Crippen LogP contribution is -2.45. The Labute approximate surface area is 184 Å². The molecule has 0 saturated carbocycles. The monoisotopic (exact) mass is 454 g/mol. The summed E-state index contributed by atoms with van der Waals surface area (Å²) in [7, 11) is -1.12. The second-order valence-corrected chi connectivity index (χ2v) is 8.02. The van der Waals surface area contributed by atoms with Crippen LogP contribution in [0.25, 0.3) is 0 Å². The van der Waals surface area contributed by atoms with Gasteiger partial charge in [-0.1, -0.05) is 32.9 Å². The zero-order valence-electron chi connectivity index (χ0n) is 18.7. The van der Waals surface area contributed by atoms with Crippen molar-refractivity contribution < 1.29 is 27.1 Å². The summed E-state index contributed by atoms with van der Waals surface area (Å²) in [5.41, 5.74) is 1.36. The van der Waals surface area contributed by atoms with Gasteiger partial charge in [0.1, 0.15) is 5.82 Å². The van der Waals surface area contributed by atoms with E-state index in [1.807, 2.05) is 13.8 Å². The summed E-state index contributed by atoms with van der Waals surface area (Å²) in [4.78, 5) is 11.6. The summed E-state index contributed by atoms with van der Waals surface area (Å²) >= 11 is 0. The number of benzene rings is 2. The van der Waals surface area contributed by atoms with Gasteiger partial charge in [-0.15, -0.1) is 0 Å². The third-order valence-electron chi connectivity index (χ3n) is 4.32. The SMILES string of the molecule is CC.CCN(CCOC)S(=O)(=O)N(Cc1ccc(C(=O)OC)cc1)c1ccc(F)cc1. The van der Waals surface area contributed by atoms with E-state index in [-0.39, 0.29) is 26.2 Å². The average Bonchev–Trinajstić information content (AvgIpc) is 2.79. The molecule has 0 bridgehead atoms. The van der Waals surface area contributed by atoms with Crippen molar-refractivity contribution in [3.8, 4) is 0 Å². The van der Waals surface area contributed by atoms with E-state index in [0.717, 1.165) is 0 Å². The predicted octanol–water partition coefficient (Wildman–Crippen LogP) is 3.86. The number of esters is 1. The average molecular weight is 455 g/mol. The second-order valence-electron chi connectivity index (χ2n) is 6.16. The lowest BCUT2D eigenvalue weighted by molar-refractivity contribution is 0.0600. The lowest BCUT2D eigenvalue weighted by Gasteiger charge is -2.31. The first-order valence-corrected chi connectivity index (χ1v) is 11.4. The van der Waals surface area contributed by atoms with Crippen molar-refractivity contribution in [3.63, 3.8) is 0 Å². The predicted molar refractivity (Wildman–Crippen MR) is 120 cm³/mol. The molecule has 0 saturated heterocycles. The molecule has 0 aromatic heterocycles. The number of likely N-dealkylation sites (N-methyl/N-ethyl adjacent to an activating group) is 1. The lowest BCUT2D eigenvalue weighted by atomic mass is 10.1. The highest BCUT2D eigenvalue weighted by Gasteiger charge is 2.29. The van der Waals surface area contributed by atoms with E-state index in [4.69, 9.17) is 4.74 Å². The zero-order valence-corrected chi connectivity index (χ0v) is 19.5. The molecule has 0 aliphatic carbocycles. The maximum absolute atomic E-state index is 13.4. The first-order valence-electron chi connectivity index (χ1n) is 10.0. The second kappa shape index (κ2) is 13.0. The van der Waals surface area contributed by atoms with E-state index >= 15 is 0 Å². The molecule has 31 heavy (non-hydrogen) atoms. The molecule has 0 heterocycles. The molecule has 0 atom stereocenters. The number of methoxy groups -OCH3 is 2. The van der Waals surface area contributed by atoms with Gasteiger partial charge in [-0.2, -0.15) is 12.7 Å². The van der Waals surface area contributed by atoms with Crippen LogP contribution in [-0.4, -0.2) is 52.6 Å². The Kier molecular flexibility index (Phi) is 11.2. The number of rotatable bonds is 10. The Balaban J connectivity index is 0.00000233. The first kappa shape index (κ1) is 26.5. The fraction of sp³-hybridized carbons (Fsp3) is 0.409. The minimum Gasteiger partial charge on any atom is -0.465 e. The van der Waals surface area contributed by atoms with Crippen LogP contribution >= 0.6 is 0 Å². The highest BCUT2D eigenvalue weighted by molar-refractivity contribution is 7.90. The topological polar surface area (TPSA) is 76.2 Å². The Morgan fingerprint density at radius 2 is 1.58 bits per heavy atom. The van der Waals surface area contributed by atoms with Crippen molar-refractivity contribution in [1.29, 1.82) is 0 Å². The van der Waals surface area contributed by atoms with Crippen molar-refractivity contribution in [2.24, 2.45) is 0 Å². The van der Waals surface area contributed by atoms with Gasteiger partial charge in [0.15, 0.2) is 0 Å². The van der Waals surface area contributed by atoms with Crippen LogP contribution in [0.1, 0.15) is 36.7 Å². The standard InChI is InChI=1S/C20H25FN2O5S.C2H6/c1-4-22(13-14-27-2)29(25,26)23(19-11-9-18(21)10-12-19)15-16-5-7-17(8-6-16)20(24)28-3;1-2/h5-12H,4,13-15H2,1-3H3;1-2H3. The van der Waals surface area contributed by atoms with Gasteiger partial charge < -0.3 is 9.47 Å². The number of hydrogen-bond donors (Lipinski definition) is 0. The summed E-state index contributed by atoms with van der Waals surface area (Å²) in [5, 5.41) is 0. The number of ether oxygens (including phenoxy) is 2. The first-order chi connectivity index (χ1) is 14.8. The molecule has 2 aromatic carbocycles. The van der Waals surface area contributed by atoms with E-state index in [2.05, 4.69) is 4.74 Å². The Morgan fingerprint density at radius 1 is 1.00 bits per heavy atom. The molecule has 7 nitrogen and oxygen atoms in total. The van der Waals surface area contributed by atoms with Gasteiger partial charge in [0, 0.05) is 20.2 Å². The van der Waals surface area contributed by atoms with Crippen LogP contribution in [-0.2, 0) is 26.2 Å². The van der Waals surface area contributed by atoms with Crippen LogP contribution in [0.4, 0.5) is 10.1 Å². The van der Waals surface area contributed by atoms with Crippen LogP contribution in [0.2, 0.25) is 0 Å². The molecule has 0 spiro atoms. The quantitative estimate of drug-likeness (QED) is 0.510. The number of anilines is 1. The molecule has 0 radical (unpaired) electrons. The van der Waals surface area contributed by atoms with E-state index in [9.17, 15) is 17.6 Å². The normalized spacial score (nSPS) is 10.9. The largest absolute Gasteiger partial charge is 0.465 e. The van der Waals surface area contributed by atoms with Gasteiger partial charge in [0.25, 0.3) is 0 Å². The Morgan fingerprint density at radius 3 is 2.06 bits per heavy atom. The van der Waals surface area contributed by atoms with Crippen LogP contribution in [0.5, 0.6) is 0 Å². The van der Waals surface area contributed by atoms with Crippen LogP contribution in [0, 0.1) is 5.82 Å². The highest BCUT2D eigenvalue weighted by atomic mass is 32.2. The van der Waals surface area contributed by atoms with Gasteiger partial charge in [0.05, 0.1) is 31.5 Å². The molecule has 0 N–H and O–H groups in total. The number of halogens is 1. The molecule has 0 unspecified atom stereocenters. The fourth-order valence-electron chi connectivity index (χ4n) is 2.71.